The average Bonchev–Trinajstić information content (AvgIpc) is 2.36. The molecule has 0 fully saturated rings. The fourth-order valence-corrected chi connectivity index (χ4v) is 1.51. The number of carbonyl (C=O) groups is 2. The third-order valence-corrected chi connectivity index (χ3v) is 2.36. The third-order valence-electron chi connectivity index (χ3n) is 2.36. The van der Waals surface area contributed by atoms with Crippen LogP contribution in [-0.4, -0.2) is 34.9 Å². The van der Waals surface area contributed by atoms with Crippen LogP contribution >= 0.6 is 0 Å². The highest BCUT2D eigenvalue weighted by Crippen LogP contribution is 2.23. The predicted molar refractivity (Wildman–Crippen MR) is 69.1 cm³/mol. The van der Waals surface area contributed by atoms with E-state index in [9.17, 15) is 19.7 Å². The van der Waals surface area contributed by atoms with E-state index in [-0.39, 0.29) is 23.6 Å². The number of pyridine rings is 1. The van der Waals surface area contributed by atoms with Gasteiger partial charge in [-0.15, -0.1) is 0 Å². The molecule has 0 aliphatic rings. The van der Waals surface area contributed by atoms with Gasteiger partial charge in [0.15, 0.2) is 5.69 Å². The standard InChI is InChI=1S/C11H14N4O5/c1-6(5-9(12)16)13-10-8(15(18)19)4-3-7(14-10)11(17)20-2/h3-4,6H,5H2,1-2H3,(H2,12,16)(H,13,14). The van der Waals surface area contributed by atoms with Crippen LogP contribution in [0.15, 0.2) is 12.1 Å². The number of primary amides is 1. The number of ether oxygens (including phenoxy) is 1. The zero-order valence-electron chi connectivity index (χ0n) is 11.0. The normalized spacial score (nSPS) is 11.5. The molecule has 1 aromatic rings. The van der Waals surface area contributed by atoms with Gasteiger partial charge in [0.05, 0.1) is 12.0 Å². The van der Waals surface area contributed by atoms with Crippen molar-refractivity contribution in [1.29, 1.82) is 0 Å². The number of amides is 1. The Bertz CT molecular complexity index is 546. The van der Waals surface area contributed by atoms with E-state index < -0.39 is 22.8 Å². The minimum atomic E-state index is -0.717. The molecule has 0 aliphatic heterocycles. The lowest BCUT2D eigenvalue weighted by Gasteiger charge is -2.13. The van der Waals surface area contributed by atoms with Gasteiger partial charge in [0, 0.05) is 18.5 Å². The Labute approximate surface area is 114 Å². The Morgan fingerprint density at radius 1 is 1.55 bits per heavy atom. The Hall–Kier alpha value is -2.71. The van der Waals surface area contributed by atoms with E-state index in [0.717, 1.165) is 6.07 Å². The summed E-state index contributed by atoms with van der Waals surface area (Å²) in [7, 11) is 1.17. The SMILES string of the molecule is COC(=O)c1ccc([N+](=O)[O-])c(NC(C)CC(N)=O)n1. The Balaban J connectivity index is 3.08. The summed E-state index contributed by atoms with van der Waals surface area (Å²) >= 11 is 0. The molecule has 0 aliphatic carbocycles. The number of nitrogens with two attached hydrogens (primary N) is 1. The highest BCUT2D eigenvalue weighted by atomic mass is 16.6. The molecule has 0 saturated heterocycles. The first-order valence-electron chi connectivity index (χ1n) is 5.63. The van der Waals surface area contributed by atoms with Crippen LogP contribution < -0.4 is 11.1 Å². The van der Waals surface area contributed by atoms with E-state index in [1.807, 2.05) is 0 Å². The summed E-state index contributed by atoms with van der Waals surface area (Å²) in [6, 6.07) is 1.86. The highest BCUT2D eigenvalue weighted by Gasteiger charge is 2.20. The van der Waals surface area contributed by atoms with Crippen molar-refractivity contribution in [2.24, 2.45) is 5.73 Å². The number of nitrogens with one attached hydrogen (secondary N) is 1. The van der Waals surface area contributed by atoms with Gasteiger partial charge in [0.25, 0.3) is 0 Å². The van der Waals surface area contributed by atoms with Gasteiger partial charge >= 0.3 is 11.7 Å². The van der Waals surface area contributed by atoms with Crippen molar-refractivity contribution in [1.82, 2.24) is 4.98 Å². The number of rotatable bonds is 6. The molecule has 9 nitrogen and oxygen atoms in total. The van der Waals surface area contributed by atoms with Gasteiger partial charge in [-0.3, -0.25) is 14.9 Å². The maximum Gasteiger partial charge on any atom is 0.356 e. The average molecular weight is 282 g/mol. The quantitative estimate of drug-likeness (QED) is 0.439. The topological polar surface area (TPSA) is 137 Å². The van der Waals surface area contributed by atoms with E-state index in [1.165, 1.54) is 13.2 Å². The summed E-state index contributed by atoms with van der Waals surface area (Å²) in [5.41, 5.74) is 4.65. The summed E-state index contributed by atoms with van der Waals surface area (Å²) < 4.78 is 4.49. The number of hydrogen-bond acceptors (Lipinski definition) is 7. The molecular weight excluding hydrogens is 268 g/mol. The number of hydrogen-bond donors (Lipinski definition) is 2. The van der Waals surface area contributed by atoms with Crippen molar-refractivity contribution in [2.45, 2.75) is 19.4 Å². The molecule has 20 heavy (non-hydrogen) atoms. The number of carbonyl (C=O) groups excluding carboxylic acids is 2. The van der Waals surface area contributed by atoms with E-state index in [1.54, 1.807) is 6.92 Å². The van der Waals surface area contributed by atoms with Crippen molar-refractivity contribution in [2.75, 3.05) is 12.4 Å². The number of anilines is 1. The molecule has 0 spiro atoms. The van der Waals surface area contributed by atoms with Crippen molar-refractivity contribution in [3.05, 3.63) is 27.9 Å². The van der Waals surface area contributed by atoms with Crippen LogP contribution in [0.3, 0.4) is 0 Å². The van der Waals surface area contributed by atoms with Crippen LogP contribution in [0.4, 0.5) is 11.5 Å². The molecule has 1 rings (SSSR count). The van der Waals surface area contributed by atoms with Gasteiger partial charge in [0.2, 0.25) is 11.7 Å². The number of nitrogens with zero attached hydrogens (tertiary/aromatic N) is 2. The van der Waals surface area contributed by atoms with Gasteiger partial charge in [-0.25, -0.2) is 9.78 Å². The summed E-state index contributed by atoms with van der Waals surface area (Å²) in [6.45, 7) is 1.61. The van der Waals surface area contributed by atoms with Crippen molar-refractivity contribution >= 4 is 23.4 Å². The molecule has 9 heteroatoms. The van der Waals surface area contributed by atoms with Crippen LogP contribution in [0.2, 0.25) is 0 Å². The first-order chi connectivity index (χ1) is 9.35. The van der Waals surface area contributed by atoms with Gasteiger partial charge in [0.1, 0.15) is 0 Å². The lowest BCUT2D eigenvalue weighted by atomic mass is 10.2. The number of aromatic nitrogens is 1. The lowest BCUT2D eigenvalue weighted by molar-refractivity contribution is -0.384. The van der Waals surface area contributed by atoms with Gasteiger partial charge < -0.3 is 15.8 Å². The van der Waals surface area contributed by atoms with Crippen molar-refractivity contribution in [3.8, 4) is 0 Å². The smallest absolute Gasteiger partial charge is 0.356 e. The molecule has 1 unspecified atom stereocenters. The first-order valence-corrected chi connectivity index (χ1v) is 5.63. The Morgan fingerprint density at radius 2 is 2.20 bits per heavy atom. The van der Waals surface area contributed by atoms with Gasteiger partial charge in [-0.1, -0.05) is 0 Å². The zero-order valence-corrected chi connectivity index (χ0v) is 11.0. The molecule has 0 aromatic carbocycles. The van der Waals surface area contributed by atoms with Gasteiger partial charge in [-0.2, -0.15) is 0 Å². The van der Waals surface area contributed by atoms with Crippen molar-refractivity contribution < 1.29 is 19.2 Å². The maximum absolute atomic E-state index is 11.4. The maximum atomic E-state index is 11.4. The minimum Gasteiger partial charge on any atom is -0.464 e. The molecule has 1 atom stereocenters. The van der Waals surface area contributed by atoms with Crippen LogP contribution in [0.5, 0.6) is 0 Å². The summed E-state index contributed by atoms with van der Waals surface area (Å²) in [6.07, 6.45) is -0.0265. The zero-order chi connectivity index (χ0) is 15.3. The van der Waals surface area contributed by atoms with Crippen LogP contribution in [-0.2, 0) is 9.53 Å². The highest BCUT2D eigenvalue weighted by molar-refractivity contribution is 5.88. The number of esters is 1. The Morgan fingerprint density at radius 3 is 2.70 bits per heavy atom. The second kappa shape index (κ2) is 6.45. The second-order valence-corrected chi connectivity index (χ2v) is 4.03. The fourth-order valence-electron chi connectivity index (χ4n) is 1.51. The molecule has 1 aromatic heterocycles. The molecule has 108 valence electrons. The molecule has 1 amide bonds. The molecule has 3 N–H and O–H groups in total. The predicted octanol–water partition coefficient (Wildman–Crippen LogP) is 0.452. The monoisotopic (exact) mass is 282 g/mol. The molecular formula is C11H14N4O5. The minimum absolute atomic E-state index is 0.0265. The number of nitro groups is 1. The van der Waals surface area contributed by atoms with Crippen LogP contribution in [0, 0.1) is 10.1 Å². The van der Waals surface area contributed by atoms with E-state index in [0.29, 0.717) is 0 Å². The summed E-state index contributed by atoms with van der Waals surface area (Å²) in [5, 5.41) is 13.6. The molecule has 0 saturated carbocycles. The second-order valence-electron chi connectivity index (χ2n) is 4.03. The fraction of sp³-hybridized carbons (Fsp3) is 0.364. The van der Waals surface area contributed by atoms with Crippen LogP contribution in [0.1, 0.15) is 23.8 Å². The van der Waals surface area contributed by atoms with Gasteiger partial charge in [-0.05, 0) is 13.0 Å². The van der Waals surface area contributed by atoms with E-state index >= 15 is 0 Å². The van der Waals surface area contributed by atoms with E-state index in [4.69, 9.17) is 5.73 Å². The largest absolute Gasteiger partial charge is 0.464 e. The summed E-state index contributed by atoms with van der Waals surface area (Å²) in [5.74, 6) is -1.39. The molecule has 0 radical (unpaired) electrons. The summed E-state index contributed by atoms with van der Waals surface area (Å²) in [4.78, 5) is 36.2. The Kier molecular flexibility index (Phi) is 4.95. The van der Waals surface area contributed by atoms with Crippen LogP contribution in [0.25, 0.3) is 0 Å². The molecule has 0 bridgehead atoms. The molecule has 1 heterocycles. The number of methoxy groups -OCH3 is 1. The van der Waals surface area contributed by atoms with E-state index in [2.05, 4.69) is 15.0 Å². The lowest BCUT2D eigenvalue weighted by Crippen LogP contribution is -2.25. The first kappa shape index (κ1) is 15.3. The third kappa shape index (κ3) is 3.90. The van der Waals surface area contributed by atoms with Crippen molar-refractivity contribution in [3.63, 3.8) is 0 Å².